The van der Waals surface area contributed by atoms with E-state index in [9.17, 15) is 14.7 Å². The first kappa shape index (κ1) is 43.5. The number of methoxy groups -OCH3 is 2. The molecule has 1 fully saturated rings. The van der Waals surface area contributed by atoms with Crippen LogP contribution in [0.4, 0.5) is 17.1 Å². The van der Waals surface area contributed by atoms with Crippen LogP contribution in [0, 0.1) is 5.92 Å². The largest absolute Gasteiger partial charge is 0.497 e. The summed E-state index contributed by atoms with van der Waals surface area (Å²) in [6.45, 7) is 7.20. The second-order valence-electron chi connectivity index (χ2n) is 17.5. The quantitative estimate of drug-likeness (QED) is 0.114. The number of amides is 3. The van der Waals surface area contributed by atoms with Gasteiger partial charge in [-0.05, 0) is 83.4 Å². The van der Waals surface area contributed by atoms with Crippen LogP contribution in [0.2, 0.25) is 18.6 Å². The summed E-state index contributed by atoms with van der Waals surface area (Å²) in [4.78, 5) is 49.4. The van der Waals surface area contributed by atoms with Gasteiger partial charge in [-0.3, -0.25) is 19.3 Å². The summed E-state index contributed by atoms with van der Waals surface area (Å²) in [5.41, 5.74) is 3.29. The average Bonchev–Trinajstić information content (AvgIpc) is 3.70. The Labute approximate surface area is 380 Å². The van der Waals surface area contributed by atoms with E-state index in [-0.39, 0.29) is 55.3 Å². The van der Waals surface area contributed by atoms with Gasteiger partial charge in [0.1, 0.15) is 17.2 Å². The summed E-state index contributed by atoms with van der Waals surface area (Å²) in [7, 11) is 0.661. The molecule has 332 valence electrons. The van der Waals surface area contributed by atoms with Crippen molar-refractivity contribution in [3.63, 3.8) is 0 Å². The van der Waals surface area contributed by atoms with E-state index >= 15 is 4.79 Å². The Bertz CT molecular complexity index is 2730. The molecule has 0 saturated carbocycles. The SMILES string of the molecule is COc1ccc([Si](C)(C)[C@H]2[C@H](CC(=O)N(CCO)Cc3ccccc3)O[C@@]3(C(=O)N(Cc4ccc(N5C(=O)c6ccccc6Oc6ccccc65)cc4)c4ccc(OC)cc43)[C@@H]2C)cc1. The molecule has 0 aromatic heterocycles. The van der Waals surface area contributed by atoms with Crippen molar-refractivity contribution < 1.29 is 38.4 Å². The van der Waals surface area contributed by atoms with Crippen molar-refractivity contribution in [1.82, 2.24) is 4.90 Å². The van der Waals surface area contributed by atoms with E-state index in [1.807, 2.05) is 121 Å². The Kier molecular flexibility index (Phi) is 11.8. The van der Waals surface area contributed by atoms with E-state index in [1.54, 1.807) is 41.1 Å². The molecule has 0 unspecified atom stereocenters. The molecule has 0 aliphatic carbocycles. The summed E-state index contributed by atoms with van der Waals surface area (Å²) < 4.78 is 24.9. The van der Waals surface area contributed by atoms with E-state index in [0.717, 1.165) is 22.1 Å². The summed E-state index contributed by atoms with van der Waals surface area (Å²) in [6.07, 6.45) is -0.610. The van der Waals surface area contributed by atoms with Crippen molar-refractivity contribution in [2.24, 2.45) is 5.92 Å². The van der Waals surface area contributed by atoms with Gasteiger partial charge >= 0.3 is 0 Å². The Balaban J connectivity index is 1.08. The van der Waals surface area contributed by atoms with Crippen molar-refractivity contribution in [2.75, 3.05) is 37.2 Å². The zero-order chi connectivity index (χ0) is 45.5. The van der Waals surface area contributed by atoms with Crippen LogP contribution >= 0.6 is 0 Å². The molecule has 6 aromatic rings. The smallest absolute Gasteiger partial charge is 0.266 e. The van der Waals surface area contributed by atoms with Crippen LogP contribution in [0.3, 0.4) is 0 Å². The van der Waals surface area contributed by atoms with Crippen LogP contribution in [0.5, 0.6) is 23.0 Å². The number of hydrogen-bond donors (Lipinski definition) is 1. The minimum Gasteiger partial charge on any atom is -0.497 e. The zero-order valence-corrected chi connectivity index (χ0v) is 38.3. The lowest BCUT2D eigenvalue weighted by Crippen LogP contribution is -2.52. The van der Waals surface area contributed by atoms with E-state index in [1.165, 1.54) is 0 Å². The van der Waals surface area contributed by atoms with Gasteiger partial charge in [-0.15, -0.1) is 0 Å². The molecule has 3 aliphatic rings. The number of anilines is 3. The van der Waals surface area contributed by atoms with Gasteiger partial charge in [-0.2, -0.15) is 0 Å². The fourth-order valence-corrected chi connectivity index (χ4v) is 14.3. The van der Waals surface area contributed by atoms with Crippen LogP contribution < -0.4 is 29.2 Å². The fourth-order valence-electron chi connectivity index (χ4n) is 10.3. The van der Waals surface area contributed by atoms with Crippen LogP contribution in [0.15, 0.2) is 146 Å². The fraction of sp³-hybridized carbons (Fsp3) is 0.264. The van der Waals surface area contributed by atoms with Gasteiger partial charge < -0.3 is 33.9 Å². The highest BCUT2D eigenvalue weighted by atomic mass is 28.3. The molecule has 4 atom stereocenters. The van der Waals surface area contributed by atoms with E-state index in [2.05, 4.69) is 32.2 Å². The maximum atomic E-state index is 15.6. The monoisotopic (exact) mass is 887 g/mol. The topological polar surface area (TPSA) is 118 Å². The van der Waals surface area contributed by atoms with Crippen LogP contribution in [0.1, 0.15) is 40.4 Å². The Hall–Kier alpha value is -6.73. The normalized spacial score (nSPS) is 19.9. The summed E-state index contributed by atoms with van der Waals surface area (Å²) >= 11 is 0. The minimum absolute atomic E-state index is 0.0259. The van der Waals surface area contributed by atoms with E-state index in [0.29, 0.717) is 52.0 Å². The van der Waals surface area contributed by atoms with E-state index in [4.69, 9.17) is 18.9 Å². The van der Waals surface area contributed by atoms with Crippen molar-refractivity contribution in [3.05, 3.63) is 168 Å². The first-order chi connectivity index (χ1) is 31.5. The molecule has 3 amide bonds. The maximum Gasteiger partial charge on any atom is 0.266 e. The molecule has 0 bridgehead atoms. The Morgan fingerprint density at radius 3 is 2.14 bits per heavy atom. The van der Waals surface area contributed by atoms with Crippen molar-refractivity contribution in [1.29, 1.82) is 0 Å². The molecule has 65 heavy (non-hydrogen) atoms. The molecule has 3 heterocycles. The third-order valence-corrected chi connectivity index (χ3v) is 17.9. The Morgan fingerprint density at radius 1 is 0.769 bits per heavy atom. The van der Waals surface area contributed by atoms with Gasteiger partial charge in [0.25, 0.3) is 11.8 Å². The van der Waals surface area contributed by atoms with Crippen LogP contribution in [-0.4, -0.2) is 69.3 Å². The lowest BCUT2D eigenvalue weighted by atomic mass is 9.82. The minimum atomic E-state index is -2.59. The van der Waals surface area contributed by atoms with E-state index < -0.39 is 19.8 Å². The number of carbonyl (C=O) groups is 3. The van der Waals surface area contributed by atoms with Crippen molar-refractivity contribution in [3.8, 4) is 23.0 Å². The molecule has 3 aliphatic heterocycles. The molecule has 1 N–H and O–H groups in total. The second-order valence-corrected chi connectivity index (χ2v) is 22.2. The number of aliphatic hydroxyl groups excluding tert-OH is 1. The number of ether oxygens (including phenoxy) is 4. The second kappa shape index (κ2) is 17.7. The number of rotatable bonds is 13. The van der Waals surface area contributed by atoms with Gasteiger partial charge in [0.05, 0.1) is 64.9 Å². The zero-order valence-electron chi connectivity index (χ0n) is 37.3. The maximum absolute atomic E-state index is 15.6. The molecule has 6 aromatic carbocycles. The van der Waals surface area contributed by atoms with Crippen LogP contribution in [-0.2, 0) is 33.0 Å². The molecule has 12 heteroatoms. The number of nitrogens with zero attached hydrogens (tertiary/aromatic N) is 3. The molecule has 1 saturated heterocycles. The highest BCUT2D eigenvalue weighted by Gasteiger charge is 2.66. The lowest BCUT2D eigenvalue weighted by Gasteiger charge is -2.37. The molecular formula is C53H53N3O8Si. The predicted molar refractivity (Wildman–Crippen MR) is 253 cm³/mol. The highest BCUT2D eigenvalue weighted by Crippen LogP contribution is 2.60. The summed E-state index contributed by atoms with van der Waals surface area (Å²) in [6, 6.07) is 45.9. The molecule has 1 spiro atoms. The predicted octanol–water partition coefficient (Wildman–Crippen LogP) is 8.96. The molecule has 0 radical (unpaired) electrons. The third-order valence-electron chi connectivity index (χ3n) is 13.5. The van der Waals surface area contributed by atoms with Crippen molar-refractivity contribution >= 4 is 48.0 Å². The van der Waals surface area contributed by atoms with Crippen molar-refractivity contribution in [2.45, 2.75) is 56.8 Å². The van der Waals surface area contributed by atoms with Gasteiger partial charge in [0.2, 0.25) is 5.91 Å². The first-order valence-electron chi connectivity index (χ1n) is 22.0. The van der Waals surface area contributed by atoms with Gasteiger partial charge in [0.15, 0.2) is 11.4 Å². The van der Waals surface area contributed by atoms with Gasteiger partial charge in [-0.1, -0.05) is 104 Å². The number of para-hydroxylation sites is 3. The summed E-state index contributed by atoms with van der Waals surface area (Å²) in [5.74, 6) is 1.44. The number of aliphatic hydroxyl groups is 1. The standard InChI is InChI=1S/C53H53N3O8Si/c1-35-50(65(4,5)41-26-23-39(61-2)24-27-41)48(32-49(58)54(29-30-57)33-36-13-7-6-8-14-36)64-53(35)43-31-40(62-3)25-28-44(43)55(52(53)60)34-37-19-21-38(22-20-37)56-45-16-10-12-18-47(45)63-46-17-11-9-15-42(46)51(56)59/h6-28,31,35,48,50,57H,29-30,32-34H2,1-5H3/t35-,48+,50-,53+/m1/s1. The molecular weight excluding hydrogens is 835 g/mol. The number of hydrogen-bond acceptors (Lipinski definition) is 8. The molecule has 9 rings (SSSR count). The number of carbonyl (C=O) groups excluding carboxylic acids is 3. The average molecular weight is 888 g/mol. The van der Waals surface area contributed by atoms with Crippen LogP contribution in [0.25, 0.3) is 0 Å². The first-order valence-corrected chi connectivity index (χ1v) is 25.1. The number of fused-ring (bicyclic) bond motifs is 4. The lowest BCUT2D eigenvalue weighted by molar-refractivity contribution is -0.150. The van der Waals surface area contributed by atoms with Gasteiger partial charge in [0, 0.05) is 30.3 Å². The number of benzene rings is 6. The third kappa shape index (κ3) is 7.75. The van der Waals surface area contributed by atoms with Gasteiger partial charge in [-0.25, -0.2) is 0 Å². The molecule has 11 nitrogen and oxygen atoms in total. The highest BCUT2D eigenvalue weighted by molar-refractivity contribution is 6.91. The summed E-state index contributed by atoms with van der Waals surface area (Å²) in [5, 5.41) is 11.3. The Morgan fingerprint density at radius 2 is 1.43 bits per heavy atom.